The van der Waals surface area contributed by atoms with Crippen molar-refractivity contribution in [3.63, 3.8) is 0 Å². The van der Waals surface area contributed by atoms with Crippen LogP contribution in [-0.4, -0.2) is 44.9 Å². The molecular weight excluding hydrogens is 408 g/mol. The van der Waals surface area contributed by atoms with Crippen LogP contribution in [-0.2, 0) is 14.6 Å². The van der Waals surface area contributed by atoms with Crippen LogP contribution in [0, 0.1) is 0 Å². The fraction of sp³-hybridized carbons (Fsp3) is 0.238. The highest BCUT2D eigenvalue weighted by Gasteiger charge is 2.30. The van der Waals surface area contributed by atoms with Crippen LogP contribution < -0.4 is 20.1 Å². The number of carbonyl (C=O) groups excluding carboxylic acids is 2. The molecule has 8 nitrogen and oxygen atoms in total. The number of ether oxygens (including phenoxy) is 2. The van der Waals surface area contributed by atoms with Gasteiger partial charge in [0.25, 0.3) is 11.8 Å². The average molecular weight is 428 g/mol. The standard InChI is InChI=1S/C21H20N2O6S/c1-28-17-5-3-2-4-13(17)11-19-21(25)23-16-10-14(6-7-18(16)29-19)20(24)22-15-8-9-30(26,27)12-15/h2-7,10-11,15H,8-9,12H2,1H3,(H,22,24)(H,23,25)/b19-11-/t15-/m0/s1. The van der Waals surface area contributed by atoms with Crippen LogP contribution in [0.1, 0.15) is 22.3 Å². The number of nitrogens with one attached hydrogen (secondary N) is 2. The molecular formula is C21H20N2O6S. The maximum Gasteiger partial charge on any atom is 0.291 e. The van der Waals surface area contributed by atoms with Gasteiger partial charge in [-0.25, -0.2) is 8.42 Å². The molecule has 2 aliphatic rings. The quantitative estimate of drug-likeness (QED) is 0.721. The number of fused-ring (bicyclic) bond motifs is 1. The Morgan fingerprint density at radius 1 is 1.27 bits per heavy atom. The van der Waals surface area contributed by atoms with Crippen LogP contribution in [0.4, 0.5) is 5.69 Å². The summed E-state index contributed by atoms with van der Waals surface area (Å²) in [7, 11) is -1.55. The summed E-state index contributed by atoms with van der Waals surface area (Å²) in [6.45, 7) is 0. The number of sulfone groups is 1. The van der Waals surface area contributed by atoms with E-state index in [1.165, 1.54) is 6.07 Å². The number of hydrogen-bond donors (Lipinski definition) is 2. The molecule has 0 aromatic heterocycles. The molecule has 0 bridgehead atoms. The first kappa shape index (κ1) is 20.0. The predicted octanol–water partition coefficient (Wildman–Crippen LogP) is 1.98. The molecule has 4 rings (SSSR count). The third kappa shape index (κ3) is 4.16. The highest BCUT2D eigenvalue weighted by molar-refractivity contribution is 7.91. The number of methoxy groups -OCH3 is 1. The van der Waals surface area contributed by atoms with Crippen molar-refractivity contribution in [2.45, 2.75) is 12.5 Å². The number of amides is 2. The van der Waals surface area contributed by atoms with Crippen LogP contribution in [0.15, 0.2) is 48.2 Å². The number of hydrogen-bond acceptors (Lipinski definition) is 6. The molecule has 1 fully saturated rings. The van der Waals surface area contributed by atoms with Gasteiger partial charge in [-0.3, -0.25) is 9.59 Å². The van der Waals surface area contributed by atoms with Crippen molar-refractivity contribution >= 4 is 33.4 Å². The Bertz CT molecular complexity index is 1160. The van der Waals surface area contributed by atoms with Gasteiger partial charge in [0.05, 0.1) is 24.3 Å². The highest BCUT2D eigenvalue weighted by atomic mass is 32.2. The van der Waals surface area contributed by atoms with Crippen molar-refractivity contribution in [3.05, 3.63) is 59.4 Å². The fourth-order valence-electron chi connectivity index (χ4n) is 3.41. The number of para-hydroxylation sites is 1. The van der Waals surface area contributed by atoms with E-state index < -0.39 is 27.7 Å². The minimum Gasteiger partial charge on any atom is -0.496 e. The first-order valence-corrected chi connectivity index (χ1v) is 11.2. The van der Waals surface area contributed by atoms with Crippen molar-refractivity contribution in [1.82, 2.24) is 5.32 Å². The molecule has 2 N–H and O–H groups in total. The number of anilines is 1. The van der Waals surface area contributed by atoms with E-state index in [9.17, 15) is 18.0 Å². The molecule has 156 valence electrons. The van der Waals surface area contributed by atoms with Crippen LogP contribution in [0.5, 0.6) is 11.5 Å². The van der Waals surface area contributed by atoms with E-state index in [1.807, 2.05) is 12.1 Å². The maximum absolute atomic E-state index is 12.5. The molecule has 2 heterocycles. The summed E-state index contributed by atoms with van der Waals surface area (Å²) in [5.74, 6) is 0.273. The van der Waals surface area contributed by atoms with Gasteiger partial charge in [0.2, 0.25) is 0 Å². The van der Waals surface area contributed by atoms with Gasteiger partial charge >= 0.3 is 0 Å². The smallest absolute Gasteiger partial charge is 0.291 e. The fourth-order valence-corrected chi connectivity index (χ4v) is 5.08. The lowest BCUT2D eigenvalue weighted by molar-refractivity contribution is -0.115. The molecule has 0 spiro atoms. The molecule has 0 unspecified atom stereocenters. The van der Waals surface area contributed by atoms with Gasteiger partial charge < -0.3 is 20.1 Å². The average Bonchev–Trinajstić information content (AvgIpc) is 3.06. The minimum absolute atomic E-state index is 0.0549. The zero-order valence-corrected chi connectivity index (χ0v) is 17.0. The second kappa shape index (κ2) is 7.83. The second-order valence-electron chi connectivity index (χ2n) is 7.09. The zero-order valence-electron chi connectivity index (χ0n) is 16.2. The maximum atomic E-state index is 12.5. The molecule has 30 heavy (non-hydrogen) atoms. The molecule has 2 aromatic carbocycles. The third-order valence-corrected chi connectivity index (χ3v) is 6.69. The monoisotopic (exact) mass is 428 g/mol. The van der Waals surface area contributed by atoms with E-state index in [-0.39, 0.29) is 17.3 Å². The molecule has 2 amide bonds. The lowest BCUT2D eigenvalue weighted by Gasteiger charge is -2.21. The predicted molar refractivity (Wildman–Crippen MR) is 111 cm³/mol. The van der Waals surface area contributed by atoms with Crippen LogP contribution in [0.2, 0.25) is 0 Å². The summed E-state index contributed by atoms with van der Waals surface area (Å²) in [5.41, 5.74) is 1.36. The molecule has 9 heteroatoms. The Kier molecular flexibility index (Phi) is 5.21. The van der Waals surface area contributed by atoms with Gasteiger partial charge in [-0.1, -0.05) is 18.2 Å². The van der Waals surface area contributed by atoms with E-state index in [0.717, 1.165) is 0 Å². The lowest BCUT2D eigenvalue weighted by atomic mass is 10.1. The molecule has 2 aromatic rings. The lowest BCUT2D eigenvalue weighted by Crippen LogP contribution is -2.35. The van der Waals surface area contributed by atoms with Crippen molar-refractivity contribution < 1.29 is 27.5 Å². The summed E-state index contributed by atoms with van der Waals surface area (Å²) < 4.78 is 34.1. The summed E-state index contributed by atoms with van der Waals surface area (Å²) in [6, 6.07) is 11.5. The first-order valence-electron chi connectivity index (χ1n) is 9.34. The van der Waals surface area contributed by atoms with E-state index in [1.54, 1.807) is 37.5 Å². The summed E-state index contributed by atoms with van der Waals surface area (Å²) in [4.78, 5) is 25.0. The summed E-state index contributed by atoms with van der Waals surface area (Å²) >= 11 is 0. The number of rotatable bonds is 4. The Balaban J connectivity index is 1.52. The van der Waals surface area contributed by atoms with Crippen molar-refractivity contribution in [2.24, 2.45) is 0 Å². The van der Waals surface area contributed by atoms with Gasteiger partial charge in [-0.2, -0.15) is 0 Å². The first-order chi connectivity index (χ1) is 14.3. The Morgan fingerprint density at radius 3 is 2.80 bits per heavy atom. The third-order valence-electron chi connectivity index (χ3n) is 4.93. The van der Waals surface area contributed by atoms with Gasteiger partial charge in [0.15, 0.2) is 21.3 Å². The minimum atomic E-state index is -3.09. The Labute approximate surface area is 173 Å². The van der Waals surface area contributed by atoms with Crippen molar-refractivity contribution in [1.29, 1.82) is 0 Å². The summed E-state index contributed by atoms with van der Waals surface area (Å²) in [6.07, 6.45) is 1.98. The second-order valence-corrected chi connectivity index (χ2v) is 9.32. The Hall–Kier alpha value is -3.33. The van der Waals surface area contributed by atoms with Gasteiger partial charge in [0, 0.05) is 17.2 Å². The van der Waals surface area contributed by atoms with Crippen LogP contribution in [0.25, 0.3) is 6.08 Å². The molecule has 0 aliphatic carbocycles. The van der Waals surface area contributed by atoms with Gasteiger partial charge in [-0.05, 0) is 36.8 Å². The number of carbonyl (C=O) groups is 2. The van der Waals surface area contributed by atoms with E-state index in [4.69, 9.17) is 9.47 Å². The van der Waals surface area contributed by atoms with Gasteiger partial charge in [-0.15, -0.1) is 0 Å². The highest BCUT2D eigenvalue weighted by Crippen LogP contribution is 2.33. The topological polar surface area (TPSA) is 111 Å². The van der Waals surface area contributed by atoms with E-state index in [2.05, 4.69) is 10.6 Å². The van der Waals surface area contributed by atoms with Crippen LogP contribution >= 0.6 is 0 Å². The van der Waals surface area contributed by atoms with Crippen LogP contribution in [0.3, 0.4) is 0 Å². The van der Waals surface area contributed by atoms with Crippen molar-refractivity contribution in [3.8, 4) is 11.5 Å². The number of benzene rings is 2. The molecule has 1 atom stereocenters. The molecule has 1 saturated heterocycles. The van der Waals surface area contributed by atoms with E-state index in [0.29, 0.717) is 34.7 Å². The van der Waals surface area contributed by atoms with Crippen molar-refractivity contribution in [2.75, 3.05) is 23.9 Å². The zero-order chi connectivity index (χ0) is 21.3. The van der Waals surface area contributed by atoms with Gasteiger partial charge in [0.1, 0.15) is 5.75 Å². The SMILES string of the molecule is COc1ccccc1/C=C1\Oc2ccc(C(=O)N[C@H]3CCS(=O)(=O)C3)cc2NC1=O. The summed E-state index contributed by atoms with van der Waals surface area (Å²) in [5, 5.41) is 5.45. The van der Waals surface area contributed by atoms with E-state index >= 15 is 0 Å². The largest absolute Gasteiger partial charge is 0.496 e. The molecule has 2 aliphatic heterocycles. The molecule has 0 saturated carbocycles. The Morgan fingerprint density at radius 2 is 2.07 bits per heavy atom. The molecule has 0 radical (unpaired) electrons. The normalized spacial score (nSPS) is 20.8.